The van der Waals surface area contributed by atoms with Gasteiger partial charge in [-0.3, -0.25) is 0 Å². The maximum atomic E-state index is 5.88. The molecule has 0 atom stereocenters. The summed E-state index contributed by atoms with van der Waals surface area (Å²) in [5.41, 5.74) is 0. The fourth-order valence-electron chi connectivity index (χ4n) is 0. The van der Waals surface area contributed by atoms with Crippen LogP contribution in [0.4, 0.5) is 0 Å². The minimum atomic E-state index is -0.250. The first kappa shape index (κ1) is 6.93. The van der Waals surface area contributed by atoms with Crippen molar-refractivity contribution in [3.63, 3.8) is 0 Å². The second kappa shape index (κ2) is 6660. The second-order valence-corrected chi connectivity index (χ2v) is 0. The van der Waals surface area contributed by atoms with Crippen molar-refractivity contribution in [2.75, 3.05) is 0 Å². The first-order chi connectivity index (χ1) is 11.3. The van der Waals surface area contributed by atoms with Gasteiger partial charge in [0, 0.05) is 19.2 Å². The number of hydrogen-bond donors (Lipinski definition) is 0. The SMILES string of the molecule is C.C.C.C.[3H]C#C.[3H]C[3H].[3H]C[3H].[3H]C[3H].[3H]C[3H].[3H]C[3H].[3H]C[3H].[3H]C[3H]. The molecule has 0 saturated carbocycles. The molecule has 0 fully saturated rings. The summed E-state index contributed by atoms with van der Waals surface area (Å²) in [4.78, 5) is 0. The summed E-state index contributed by atoms with van der Waals surface area (Å²) in [6.07, 6.45) is 5.76. The highest BCUT2D eigenvalue weighted by Gasteiger charge is 0.454. The third-order valence-corrected chi connectivity index (χ3v) is 0. The van der Waals surface area contributed by atoms with Crippen molar-refractivity contribution in [3.05, 3.63) is 0 Å². The molecular formula is C13H46. The minimum Gasteiger partial charge on any atom is -0.124 e. The molecule has 13 heavy (non-hydrogen) atoms. The van der Waals surface area contributed by atoms with Gasteiger partial charge in [-0.15, -0.1) is 12.8 Å². The van der Waals surface area contributed by atoms with Crippen LogP contribution in [-0.4, -0.2) is 0 Å². The number of terminal acetylenes is 1. The van der Waals surface area contributed by atoms with E-state index in [1.54, 1.807) is 0 Å². The minimum absolute atomic E-state index is 0. The van der Waals surface area contributed by atoms with E-state index in [1.165, 1.54) is 6.40 Å². The molecule has 0 saturated heterocycles. The van der Waals surface area contributed by atoms with Crippen molar-refractivity contribution in [2.45, 2.75) is 81.4 Å². The van der Waals surface area contributed by atoms with Gasteiger partial charge < -0.3 is 0 Å². The van der Waals surface area contributed by atoms with Crippen LogP contribution < -0.4 is 0 Å². The zero-order valence-electron chi connectivity index (χ0n) is 21.0. The Labute approximate surface area is 116 Å². The third kappa shape index (κ3) is 5460. The van der Waals surface area contributed by atoms with Gasteiger partial charge in [-0.05, 0) is 0 Å². The highest BCUT2D eigenvalue weighted by atomic mass is 12.6. The Kier molecular flexibility index (Phi) is 3550. The number of rotatable bonds is 0. The Morgan fingerprint density at radius 1 is 0.615 bits per heavy atom. The standard InChI is InChI=1S/C2H2.11CH4/c1-2;;;;;;;;;;;/h1-2H;11*1H4/i1T;7*1T2;;;;. The van der Waals surface area contributed by atoms with E-state index in [1.807, 2.05) is 0 Å². The molecule has 0 N–H and O–H groups in total. The molecule has 0 rings (SSSR count). The van der Waals surface area contributed by atoms with Crippen LogP contribution in [0.2, 0.25) is 0 Å². The van der Waals surface area contributed by atoms with E-state index in [9.17, 15) is 0 Å². The summed E-state index contributed by atoms with van der Waals surface area (Å²) in [6, 6.07) is 0. The highest BCUT2D eigenvalue weighted by Crippen LogP contribution is 0.579. The van der Waals surface area contributed by atoms with Crippen LogP contribution in [0.3, 0.4) is 0 Å². The maximum Gasteiger partial charge on any atom is 0.124 e. The molecule has 0 aliphatic carbocycles. The lowest BCUT2D eigenvalue weighted by molar-refractivity contribution is 2.50. The van der Waals surface area contributed by atoms with Gasteiger partial charge in [0.2, 0.25) is 0 Å². The van der Waals surface area contributed by atoms with Gasteiger partial charge in [0.05, 0.1) is 0 Å². The Bertz CT molecular complexity index is 94.9. The molecule has 0 aromatic carbocycles. The number of hydrogen-bond acceptors (Lipinski definition) is 0. The van der Waals surface area contributed by atoms with Crippen molar-refractivity contribution in [1.82, 2.24) is 0 Å². The first-order valence-corrected chi connectivity index (χ1v) is 0.289. The van der Waals surface area contributed by atoms with Gasteiger partial charge in [0.25, 0.3) is 0 Å². The van der Waals surface area contributed by atoms with Gasteiger partial charge in [0.15, 0.2) is 0 Å². The van der Waals surface area contributed by atoms with Gasteiger partial charge in [-0.25, -0.2) is 0 Å². The zero-order chi connectivity index (χ0) is 21.7. The molecule has 0 nitrogen and oxygen atoms in total. The van der Waals surface area contributed by atoms with E-state index in [-0.39, 0.29) is 81.4 Å². The third-order valence-electron chi connectivity index (χ3n) is 0. The summed E-state index contributed by atoms with van der Waals surface area (Å²) >= 11 is 0. The largest absolute Gasteiger partial charge is 0.124 e. The molecule has 0 aromatic rings. The van der Waals surface area contributed by atoms with Crippen molar-refractivity contribution in [1.29, 1.82) is 0 Å². The molecule has 0 radical (unpaired) electrons. The molecule has 0 spiro atoms. The molecule has 0 unspecified atom stereocenters. The average Bonchev–Trinajstić information content (AvgIpc) is 2.45. The molecule has 0 aliphatic heterocycles. The van der Waals surface area contributed by atoms with Crippen LogP contribution in [0, 0.1) is 12.8 Å². The van der Waals surface area contributed by atoms with Gasteiger partial charge in [-0.1, -0.05) is 81.4 Å². The van der Waals surface area contributed by atoms with Crippen molar-refractivity contribution in [2.24, 2.45) is 0 Å². The van der Waals surface area contributed by atoms with Gasteiger partial charge >= 0.3 is 0 Å². The van der Waals surface area contributed by atoms with E-state index in [0.29, 0.717) is 0 Å². The van der Waals surface area contributed by atoms with Gasteiger partial charge in [0.1, 0.15) is 1.37 Å². The lowest BCUT2D eigenvalue weighted by Crippen LogP contribution is -0.576. The molecule has 98 valence electrons. The predicted molar refractivity (Wildman–Crippen MR) is 83.9 cm³/mol. The fraction of sp³-hybridized carbons (Fsp3) is 0.846. The molecule has 0 heterocycles. The quantitative estimate of drug-likeness (QED) is 0.386. The molecule has 0 aliphatic rings. The molecule has 0 amide bonds. The highest BCUT2D eigenvalue weighted by molar-refractivity contribution is 4.47. The summed E-state index contributed by atoms with van der Waals surface area (Å²) in [5, 5.41) is 0. The Hall–Kier alpha value is -0.440. The zero-order valence-corrected chi connectivity index (χ0v) is 6.03. The molecule has 0 bridgehead atoms. The van der Waals surface area contributed by atoms with Crippen molar-refractivity contribution in [3.8, 4) is 12.8 Å². The smallest absolute Gasteiger partial charge is 0.124 e. The molecule has 0 heteroatoms. The molecule has 0 aromatic heterocycles. The average molecular weight is 233 g/mol. The lowest BCUT2D eigenvalue weighted by atomic mass is 11.4. The Balaban J connectivity index is -0.0000000102. The summed E-state index contributed by atoms with van der Waals surface area (Å²) in [7, 11) is -1.75. The maximum absolute atomic E-state index is 5.88. The van der Waals surface area contributed by atoms with E-state index in [0.717, 1.165) is 0 Å². The normalized spacial score (nSPS) is 11.5. The topological polar surface area (TPSA) is 0 Å². The van der Waals surface area contributed by atoms with E-state index in [2.05, 4.69) is 6.42 Å². The summed E-state index contributed by atoms with van der Waals surface area (Å²) < 4.78 is 88.0. The fourth-order valence-corrected chi connectivity index (χ4v) is 0. The van der Waals surface area contributed by atoms with Crippen LogP contribution in [0.5, 0.6) is 0 Å². The Morgan fingerprint density at radius 2 is 0.615 bits per heavy atom. The van der Waals surface area contributed by atoms with Crippen LogP contribution >= 0.6 is 0 Å². The van der Waals surface area contributed by atoms with Crippen molar-refractivity contribution >= 4 is 0 Å². The van der Waals surface area contributed by atoms with E-state index >= 15 is 0 Å². The van der Waals surface area contributed by atoms with Crippen LogP contribution in [0.1, 0.15) is 102 Å². The first-order valence-electron chi connectivity index (χ1n) is 10.7. The van der Waals surface area contributed by atoms with Crippen molar-refractivity contribution < 1.29 is 20.6 Å². The summed E-state index contributed by atoms with van der Waals surface area (Å²) in [5.74, 6) is 0. The van der Waals surface area contributed by atoms with E-state index in [4.69, 9.17) is 20.6 Å². The summed E-state index contributed by atoms with van der Waals surface area (Å²) in [6.45, 7) is 0. The van der Waals surface area contributed by atoms with Crippen LogP contribution in [0.25, 0.3) is 0 Å². The Morgan fingerprint density at radius 3 is 0.615 bits per heavy atom. The monoisotopic (exact) mass is 232 g/mol. The molecular weight excluding hydrogens is 156 g/mol. The predicted octanol–water partition coefficient (Wildman–Crippen LogP) is 7.25. The lowest BCUT2D eigenvalue weighted by Gasteiger charge is -0.701. The van der Waals surface area contributed by atoms with E-state index < -0.39 is 0 Å². The van der Waals surface area contributed by atoms with Crippen LogP contribution in [-0.2, 0) is 0 Å². The van der Waals surface area contributed by atoms with Gasteiger partial charge in [-0.2, -0.15) is 0 Å². The second-order valence-electron chi connectivity index (χ2n) is 0. The van der Waals surface area contributed by atoms with Crippen LogP contribution in [0.15, 0.2) is 0 Å².